The van der Waals surface area contributed by atoms with Gasteiger partial charge in [0, 0.05) is 23.8 Å². The molecule has 0 aromatic heterocycles. The van der Waals surface area contributed by atoms with Crippen LogP contribution >= 0.6 is 0 Å². The molecule has 0 radical (unpaired) electrons. The normalized spacial score (nSPS) is 42.8. The topological polar surface area (TPSA) is 72.8 Å². The molecule has 2 heterocycles. The van der Waals surface area contributed by atoms with Crippen molar-refractivity contribution in [2.45, 2.75) is 78.7 Å². The van der Waals surface area contributed by atoms with Gasteiger partial charge in [0.05, 0.1) is 13.2 Å². The van der Waals surface area contributed by atoms with Crippen LogP contribution < -0.4 is 0 Å². The van der Waals surface area contributed by atoms with E-state index >= 15 is 0 Å². The van der Waals surface area contributed by atoms with Gasteiger partial charge in [0.15, 0.2) is 0 Å². The number of hydrogen-bond acceptors (Lipinski definition) is 4. The summed E-state index contributed by atoms with van der Waals surface area (Å²) in [6, 6.07) is 0. The summed E-state index contributed by atoms with van der Waals surface area (Å²) in [6.07, 6.45) is 12.8. The van der Waals surface area contributed by atoms with Crippen LogP contribution in [0.2, 0.25) is 0 Å². The van der Waals surface area contributed by atoms with E-state index in [0.29, 0.717) is 30.8 Å². The van der Waals surface area contributed by atoms with Crippen LogP contribution in [0.3, 0.4) is 0 Å². The molecule has 1 N–H and O–H groups in total. The molecule has 5 nitrogen and oxygen atoms in total. The number of hydrogen-bond donors (Lipinski definition) is 1. The van der Waals surface area contributed by atoms with Crippen molar-refractivity contribution in [1.82, 2.24) is 0 Å². The number of carbonyl (C=O) groups is 2. The van der Waals surface area contributed by atoms with Crippen molar-refractivity contribution >= 4 is 11.9 Å². The van der Waals surface area contributed by atoms with Crippen molar-refractivity contribution in [3.63, 3.8) is 0 Å². The molecule has 0 aromatic rings. The van der Waals surface area contributed by atoms with Crippen LogP contribution in [0, 0.1) is 34.0 Å². The van der Waals surface area contributed by atoms with Crippen molar-refractivity contribution in [3.05, 3.63) is 34.9 Å². The monoisotopic (exact) mass is 454 g/mol. The lowest BCUT2D eigenvalue weighted by atomic mass is 9.48. The summed E-state index contributed by atoms with van der Waals surface area (Å²) in [6.45, 7) is 10.4. The van der Waals surface area contributed by atoms with Gasteiger partial charge in [0.2, 0.25) is 0 Å². The highest BCUT2D eigenvalue weighted by atomic mass is 16.5. The largest absolute Gasteiger partial charge is 0.481 e. The molecule has 2 aliphatic heterocycles. The number of carboxylic acid groups (broad SMARTS) is 1. The molecule has 0 amide bonds. The third-order valence-electron chi connectivity index (χ3n) is 10.5. The van der Waals surface area contributed by atoms with Crippen LogP contribution in [0.4, 0.5) is 0 Å². The Morgan fingerprint density at radius 2 is 2.00 bits per heavy atom. The first-order valence-corrected chi connectivity index (χ1v) is 12.7. The third kappa shape index (κ3) is 3.21. The van der Waals surface area contributed by atoms with E-state index < -0.39 is 5.97 Å². The second-order valence-corrected chi connectivity index (χ2v) is 11.8. The molecular weight excluding hydrogens is 416 g/mol. The molecule has 180 valence electrons. The third-order valence-corrected chi connectivity index (χ3v) is 10.5. The smallest absolute Gasteiger partial charge is 0.333 e. The Labute approximate surface area is 197 Å². The second-order valence-electron chi connectivity index (χ2n) is 11.8. The fourth-order valence-electron chi connectivity index (χ4n) is 8.14. The Morgan fingerprint density at radius 3 is 2.73 bits per heavy atom. The molecule has 3 aliphatic carbocycles. The van der Waals surface area contributed by atoms with Crippen LogP contribution in [0.1, 0.15) is 72.6 Å². The van der Waals surface area contributed by atoms with Gasteiger partial charge in [-0.2, -0.15) is 0 Å². The Bertz CT molecular complexity index is 959. The summed E-state index contributed by atoms with van der Waals surface area (Å²) in [4.78, 5) is 23.7. The Hall–Kier alpha value is -1.88. The number of aliphatic carboxylic acids is 1. The average molecular weight is 455 g/mol. The van der Waals surface area contributed by atoms with E-state index in [9.17, 15) is 14.7 Å². The minimum absolute atomic E-state index is 0.0459. The first-order valence-electron chi connectivity index (χ1n) is 12.7. The quantitative estimate of drug-likeness (QED) is 0.558. The minimum Gasteiger partial charge on any atom is -0.481 e. The van der Waals surface area contributed by atoms with Gasteiger partial charge in [-0.1, -0.05) is 39.0 Å². The number of allylic oxidation sites excluding steroid dienone is 3. The molecule has 7 atom stereocenters. The van der Waals surface area contributed by atoms with Gasteiger partial charge in [-0.3, -0.25) is 4.79 Å². The fraction of sp³-hybridized carbons (Fsp3) is 0.714. The molecule has 0 spiro atoms. The van der Waals surface area contributed by atoms with Gasteiger partial charge in [0.1, 0.15) is 6.10 Å². The lowest BCUT2D eigenvalue weighted by Crippen LogP contribution is -2.49. The van der Waals surface area contributed by atoms with Gasteiger partial charge in [-0.15, -0.1) is 0 Å². The molecule has 5 rings (SSSR count). The number of carbonyl (C=O) groups excluding carboxylic acids is 1. The average Bonchev–Trinajstić information content (AvgIpc) is 3.32. The highest BCUT2D eigenvalue weighted by molar-refractivity contribution is 5.88. The number of cyclic esters (lactones) is 1. The van der Waals surface area contributed by atoms with Gasteiger partial charge < -0.3 is 14.6 Å². The number of ether oxygens (including phenoxy) is 2. The Balaban J connectivity index is 1.47. The van der Waals surface area contributed by atoms with Crippen molar-refractivity contribution < 1.29 is 24.2 Å². The maximum absolute atomic E-state index is 12.2. The zero-order chi connectivity index (χ0) is 23.6. The van der Waals surface area contributed by atoms with E-state index in [-0.39, 0.29) is 34.7 Å². The van der Waals surface area contributed by atoms with Crippen LogP contribution in [-0.2, 0) is 19.1 Å². The van der Waals surface area contributed by atoms with Gasteiger partial charge in [-0.25, -0.2) is 4.79 Å². The van der Waals surface area contributed by atoms with Gasteiger partial charge >= 0.3 is 11.9 Å². The summed E-state index contributed by atoms with van der Waals surface area (Å²) >= 11 is 0. The molecule has 1 saturated heterocycles. The maximum Gasteiger partial charge on any atom is 0.333 e. The van der Waals surface area contributed by atoms with E-state index in [1.807, 2.05) is 13.0 Å². The maximum atomic E-state index is 12.2. The predicted molar refractivity (Wildman–Crippen MR) is 125 cm³/mol. The zero-order valence-corrected chi connectivity index (χ0v) is 20.5. The fourth-order valence-corrected chi connectivity index (χ4v) is 8.14. The van der Waals surface area contributed by atoms with Gasteiger partial charge in [0.25, 0.3) is 0 Å². The molecule has 5 heteroatoms. The summed E-state index contributed by atoms with van der Waals surface area (Å²) in [5.41, 5.74) is 3.54. The van der Waals surface area contributed by atoms with E-state index in [4.69, 9.17) is 9.47 Å². The summed E-state index contributed by atoms with van der Waals surface area (Å²) < 4.78 is 11.8. The van der Waals surface area contributed by atoms with Crippen LogP contribution in [0.5, 0.6) is 0 Å². The number of rotatable bonds is 5. The molecule has 0 bridgehead atoms. The van der Waals surface area contributed by atoms with E-state index in [0.717, 1.165) is 44.3 Å². The number of fused-ring (bicyclic) bond motifs is 5. The number of carboxylic acids is 1. The lowest BCUT2D eigenvalue weighted by Gasteiger charge is -2.55. The van der Waals surface area contributed by atoms with E-state index in [2.05, 4.69) is 32.9 Å². The molecule has 0 aromatic carbocycles. The summed E-state index contributed by atoms with van der Waals surface area (Å²) in [5, 5.41) is 9.44. The van der Waals surface area contributed by atoms with Crippen molar-refractivity contribution in [2.75, 3.05) is 13.2 Å². The molecule has 5 aliphatic rings. The standard InChI is InChI=1S/C28H38O5/c1-17-5-8-23(33-25(17)31)18(2)20-9-12-27(4)21-7-6-19-15-32-16-28(19,14-11-24(29)30)22(21)10-13-26(20,27)3/h5,7,10,18-20,23H,6,8-9,11-16H2,1-4H3,(H,29,30)/t18-,19-,20+,23-,26+,27-,28+/m0/s1. The van der Waals surface area contributed by atoms with Crippen molar-refractivity contribution in [2.24, 2.45) is 34.0 Å². The Morgan fingerprint density at radius 1 is 1.21 bits per heavy atom. The molecule has 2 fully saturated rings. The highest BCUT2D eigenvalue weighted by Crippen LogP contribution is 2.70. The highest BCUT2D eigenvalue weighted by Gasteiger charge is 2.63. The molecule has 33 heavy (non-hydrogen) atoms. The second kappa shape index (κ2) is 7.83. The van der Waals surface area contributed by atoms with Crippen molar-refractivity contribution in [1.29, 1.82) is 0 Å². The van der Waals surface area contributed by atoms with Crippen molar-refractivity contribution in [3.8, 4) is 0 Å². The van der Waals surface area contributed by atoms with Crippen LogP contribution in [-0.4, -0.2) is 36.4 Å². The molecular formula is C28H38O5. The van der Waals surface area contributed by atoms with Crippen LogP contribution in [0.15, 0.2) is 34.9 Å². The zero-order valence-electron chi connectivity index (χ0n) is 20.5. The SMILES string of the molecule is CC1=CC[C@@H]([C@@H](C)[C@H]2CC[C@@]3(C)C4=CC[C@H]5COC[C@@]5(CCC(=O)O)C4=CC[C@]23C)OC1=O. The summed E-state index contributed by atoms with van der Waals surface area (Å²) in [7, 11) is 0. The van der Waals surface area contributed by atoms with Crippen LogP contribution in [0.25, 0.3) is 0 Å². The van der Waals surface area contributed by atoms with E-state index in [1.54, 1.807) is 0 Å². The summed E-state index contributed by atoms with van der Waals surface area (Å²) in [5.74, 6) is 0.260. The molecule has 0 unspecified atom stereocenters. The predicted octanol–water partition coefficient (Wildman–Crippen LogP) is 5.46. The number of esters is 1. The first kappa shape index (κ1) is 22.9. The van der Waals surface area contributed by atoms with E-state index in [1.165, 1.54) is 11.1 Å². The first-order chi connectivity index (χ1) is 15.6. The lowest BCUT2D eigenvalue weighted by molar-refractivity contribution is -0.150. The minimum atomic E-state index is -0.723. The molecule has 1 saturated carbocycles. The Kier molecular flexibility index (Phi) is 5.43. The van der Waals surface area contributed by atoms with Gasteiger partial charge in [-0.05, 0) is 78.8 Å².